The second-order valence-corrected chi connectivity index (χ2v) is 7.22. The first-order valence-electron chi connectivity index (χ1n) is 7.92. The Balaban J connectivity index is 1.69. The molecule has 2 aromatic rings. The molecular weight excluding hydrogens is 310 g/mol. The maximum absolute atomic E-state index is 11.1. The summed E-state index contributed by atoms with van der Waals surface area (Å²) >= 11 is 1.47. The number of amides is 1. The lowest BCUT2D eigenvalue weighted by molar-refractivity contribution is -0.114. The molecule has 23 heavy (non-hydrogen) atoms. The van der Waals surface area contributed by atoms with Gasteiger partial charge in [-0.1, -0.05) is 13.8 Å². The zero-order valence-electron chi connectivity index (χ0n) is 14.1. The molecule has 7 heteroatoms. The topological polar surface area (TPSA) is 63.1 Å². The third-order valence-corrected chi connectivity index (χ3v) is 4.91. The maximum Gasteiger partial charge on any atom is 0.223 e. The van der Waals surface area contributed by atoms with Crippen LogP contribution in [0.3, 0.4) is 0 Å². The third-order valence-electron chi connectivity index (χ3n) is 4.11. The van der Waals surface area contributed by atoms with E-state index in [-0.39, 0.29) is 5.91 Å². The van der Waals surface area contributed by atoms with Crippen molar-refractivity contribution >= 4 is 22.4 Å². The van der Waals surface area contributed by atoms with Crippen molar-refractivity contribution in [2.24, 2.45) is 7.05 Å². The van der Waals surface area contributed by atoms with Crippen LogP contribution >= 0.6 is 11.3 Å². The van der Waals surface area contributed by atoms with E-state index in [2.05, 4.69) is 40.7 Å². The van der Waals surface area contributed by atoms with Gasteiger partial charge in [-0.25, -0.2) is 9.97 Å². The lowest BCUT2D eigenvalue weighted by Crippen LogP contribution is -2.30. The van der Waals surface area contributed by atoms with Crippen LogP contribution in [0.1, 0.15) is 49.6 Å². The largest absolute Gasteiger partial charge is 0.335 e. The van der Waals surface area contributed by atoms with Gasteiger partial charge in [0.25, 0.3) is 0 Å². The summed E-state index contributed by atoms with van der Waals surface area (Å²) in [6.45, 7) is 8.54. The zero-order valence-corrected chi connectivity index (χ0v) is 14.9. The molecule has 3 heterocycles. The van der Waals surface area contributed by atoms with Crippen LogP contribution in [0, 0.1) is 0 Å². The van der Waals surface area contributed by atoms with E-state index in [1.54, 1.807) is 0 Å². The van der Waals surface area contributed by atoms with E-state index in [1.807, 2.05) is 5.38 Å². The van der Waals surface area contributed by atoms with Gasteiger partial charge in [0.15, 0.2) is 5.13 Å². The summed E-state index contributed by atoms with van der Waals surface area (Å²) in [5.41, 5.74) is 3.56. The molecule has 0 saturated carbocycles. The number of nitrogens with one attached hydrogen (secondary N) is 1. The van der Waals surface area contributed by atoms with E-state index >= 15 is 0 Å². The van der Waals surface area contributed by atoms with Crippen molar-refractivity contribution in [2.75, 3.05) is 11.9 Å². The quantitative estimate of drug-likeness (QED) is 0.934. The van der Waals surface area contributed by atoms with Crippen LogP contribution in [-0.2, 0) is 31.4 Å². The predicted octanol–water partition coefficient (Wildman–Crippen LogP) is 2.52. The summed E-state index contributed by atoms with van der Waals surface area (Å²) < 4.78 is 2.26. The number of fused-ring (bicyclic) bond motifs is 1. The van der Waals surface area contributed by atoms with Crippen LogP contribution in [0.2, 0.25) is 0 Å². The molecule has 0 aliphatic carbocycles. The summed E-state index contributed by atoms with van der Waals surface area (Å²) in [5.74, 6) is 1.53. The lowest BCUT2D eigenvalue weighted by Gasteiger charge is -2.25. The SMILES string of the molecule is CC(=O)Nc1nc(CN2CCc3c(nc(C(C)C)n3C)C2)cs1. The molecule has 1 amide bonds. The standard InChI is InChI=1S/C16H23N5OS/c1-10(2)15-19-13-8-21(6-5-14(13)20(15)4)7-12-9-23-16(18-12)17-11(3)22/h9-10H,5-8H2,1-4H3,(H,17,18,22). The minimum atomic E-state index is -0.0804. The summed E-state index contributed by atoms with van der Waals surface area (Å²) in [5, 5.41) is 5.42. The Bertz CT molecular complexity index is 718. The summed E-state index contributed by atoms with van der Waals surface area (Å²) in [7, 11) is 2.12. The van der Waals surface area contributed by atoms with Crippen molar-refractivity contribution in [3.63, 3.8) is 0 Å². The van der Waals surface area contributed by atoms with Crippen LogP contribution in [0.15, 0.2) is 5.38 Å². The minimum absolute atomic E-state index is 0.0804. The van der Waals surface area contributed by atoms with Gasteiger partial charge in [0.2, 0.25) is 5.91 Å². The number of imidazole rings is 1. The van der Waals surface area contributed by atoms with Gasteiger partial charge in [0.1, 0.15) is 5.82 Å². The second kappa shape index (κ2) is 6.41. The van der Waals surface area contributed by atoms with Gasteiger partial charge >= 0.3 is 0 Å². The Kier molecular flexibility index (Phi) is 4.50. The number of nitrogens with zero attached hydrogens (tertiary/aromatic N) is 4. The van der Waals surface area contributed by atoms with Gasteiger partial charge in [-0.15, -0.1) is 11.3 Å². The van der Waals surface area contributed by atoms with E-state index < -0.39 is 0 Å². The summed E-state index contributed by atoms with van der Waals surface area (Å²) in [4.78, 5) is 22.7. The first kappa shape index (κ1) is 16.1. The molecule has 0 atom stereocenters. The number of anilines is 1. The molecule has 1 aliphatic rings. The predicted molar refractivity (Wildman–Crippen MR) is 91.5 cm³/mol. The van der Waals surface area contributed by atoms with Crippen LogP contribution in [0.5, 0.6) is 0 Å². The van der Waals surface area contributed by atoms with Crippen LogP contribution in [0.4, 0.5) is 5.13 Å². The van der Waals surface area contributed by atoms with Gasteiger partial charge in [-0.2, -0.15) is 0 Å². The minimum Gasteiger partial charge on any atom is -0.335 e. The van der Waals surface area contributed by atoms with E-state index in [4.69, 9.17) is 4.98 Å². The molecule has 0 spiro atoms. The molecule has 6 nitrogen and oxygen atoms in total. The molecule has 0 radical (unpaired) electrons. The second-order valence-electron chi connectivity index (χ2n) is 6.36. The molecule has 0 bridgehead atoms. The average molecular weight is 333 g/mol. The first-order chi connectivity index (χ1) is 10.9. The van der Waals surface area contributed by atoms with Gasteiger partial charge in [-0.05, 0) is 0 Å². The van der Waals surface area contributed by atoms with Gasteiger partial charge in [0.05, 0.1) is 11.4 Å². The highest BCUT2D eigenvalue weighted by Crippen LogP contribution is 2.25. The molecule has 2 aromatic heterocycles. The van der Waals surface area contributed by atoms with Crippen molar-refractivity contribution < 1.29 is 4.79 Å². The average Bonchev–Trinajstić information content (AvgIpc) is 3.03. The molecule has 0 aromatic carbocycles. The molecule has 0 saturated heterocycles. The van der Waals surface area contributed by atoms with E-state index in [0.29, 0.717) is 11.0 Å². The number of hydrogen-bond acceptors (Lipinski definition) is 5. The Morgan fingerprint density at radius 1 is 1.43 bits per heavy atom. The fourth-order valence-corrected chi connectivity index (χ4v) is 3.82. The molecule has 0 unspecified atom stereocenters. The monoisotopic (exact) mass is 333 g/mol. The number of thiazole rings is 1. The fraction of sp³-hybridized carbons (Fsp3) is 0.562. The zero-order chi connectivity index (χ0) is 16.6. The molecule has 124 valence electrons. The summed E-state index contributed by atoms with van der Waals surface area (Å²) in [6, 6.07) is 0. The van der Waals surface area contributed by atoms with E-state index in [1.165, 1.54) is 35.5 Å². The van der Waals surface area contributed by atoms with E-state index in [0.717, 1.165) is 31.7 Å². The Hall–Kier alpha value is -1.73. The van der Waals surface area contributed by atoms with Crippen LogP contribution in [0.25, 0.3) is 0 Å². The van der Waals surface area contributed by atoms with E-state index in [9.17, 15) is 4.79 Å². The number of carbonyl (C=O) groups excluding carboxylic acids is 1. The summed E-state index contributed by atoms with van der Waals surface area (Å²) in [6.07, 6.45) is 1.02. The third kappa shape index (κ3) is 3.45. The molecule has 0 fully saturated rings. The maximum atomic E-state index is 11.1. The van der Waals surface area contributed by atoms with Crippen LogP contribution in [-0.4, -0.2) is 31.9 Å². The highest BCUT2D eigenvalue weighted by Gasteiger charge is 2.24. The first-order valence-corrected chi connectivity index (χ1v) is 8.80. The van der Waals surface area contributed by atoms with Crippen molar-refractivity contribution in [1.29, 1.82) is 0 Å². The molecule has 1 N–H and O–H groups in total. The Morgan fingerprint density at radius 2 is 2.22 bits per heavy atom. The number of hydrogen-bond donors (Lipinski definition) is 1. The molecular formula is C16H23N5OS. The number of rotatable bonds is 4. The van der Waals surface area contributed by atoms with Crippen molar-refractivity contribution in [1.82, 2.24) is 19.4 Å². The Labute approximate surface area is 140 Å². The van der Waals surface area contributed by atoms with Gasteiger partial charge in [-0.3, -0.25) is 9.69 Å². The lowest BCUT2D eigenvalue weighted by atomic mass is 10.1. The normalized spacial score (nSPS) is 15.0. The Morgan fingerprint density at radius 3 is 2.91 bits per heavy atom. The van der Waals surface area contributed by atoms with Gasteiger partial charge in [0, 0.05) is 57.0 Å². The molecule has 3 rings (SSSR count). The van der Waals surface area contributed by atoms with Crippen molar-refractivity contribution in [3.8, 4) is 0 Å². The van der Waals surface area contributed by atoms with Crippen molar-refractivity contribution in [3.05, 3.63) is 28.3 Å². The van der Waals surface area contributed by atoms with Crippen molar-refractivity contribution in [2.45, 2.75) is 46.2 Å². The highest BCUT2D eigenvalue weighted by molar-refractivity contribution is 7.13. The van der Waals surface area contributed by atoms with Crippen LogP contribution < -0.4 is 5.32 Å². The number of carbonyl (C=O) groups is 1. The smallest absolute Gasteiger partial charge is 0.223 e. The molecule has 1 aliphatic heterocycles. The highest BCUT2D eigenvalue weighted by atomic mass is 32.1. The number of aromatic nitrogens is 3. The van der Waals surface area contributed by atoms with Gasteiger partial charge < -0.3 is 9.88 Å². The fourth-order valence-electron chi connectivity index (χ4n) is 3.07.